The Hall–Kier alpha value is -1.91. The zero-order valence-electron chi connectivity index (χ0n) is 12.5. The van der Waals surface area contributed by atoms with Crippen molar-refractivity contribution in [1.82, 2.24) is 10.4 Å². The van der Waals surface area contributed by atoms with Crippen LogP contribution in [0.15, 0.2) is 48.7 Å². The normalized spacial score (nSPS) is 12.1. The Morgan fingerprint density at radius 1 is 1.19 bits per heavy atom. The van der Waals surface area contributed by atoms with Gasteiger partial charge in [0, 0.05) is 23.5 Å². The molecule has 0 spiro atoms. The Bertz CT molecular complexity index is 531. The number of nitrogens with two attached hydrogens (primary N) is 1. The van der Waals surface area contributed by atoms with Gasteiger partial charge in [0.05, 0.1) is 6.61 Å². The first-order valence-electron chi connectivity index (χ1n) is 7.43. The largest absolute Gasteiger partial charge is 0.493 e. The van der Waals surface area contributed by atoms with Crippen LogP contribution < -0.4 is 16.0 Å². The van der Waals surface area contributed by atoms with Crippen molar-refractivity contribution >= 4 is 0 Å². The molecule has 1 aromatic carbocycles. The molecule has 0 aliphatic rings. The van der Waals surface area contributed by atoms with Crippen molar-refractivity contribution in [2.45, 2.75) is 32.2 Å². The second-order valence-corrected chi connectivity index (χ2v) is 4.97. The summed E-state index contributed by atoms with van der Waals surface area (Å²) < 4.78 is 5.81. The topological polar surface area (TPSA) is 60.2 Å². The molecule has 1 heterocycles. The standard InChI is InChI=1S/C17H23N3O/c1-2-13-21-17-9-4-3-8-15(17)16(20-18)11-10-14-7-5-6-12-19-14/h3-9,12,16,20H,2,10-11,13,18H2,1H3. The van der Waals surface area contributed by atoms with Crippen LogP contribution in [0.4, 0.5) is 0 Å². The van der Waals surface area contributed by atoms with Crippen LogP contribution in [0.5, 0.6) is 5.75 Å². The van der Waals surface area contributed by atoms with Crippen LogP contribution in [0.1, 0.15) is 37.1 Å². The highest BCUT2D eigenvalue weighted by Crippen LogP contribution is 2.27. The quantitative estimate of drug-likeness (QED) is 0.578. The number of nitrogens with one attached hydrogen (secondary N) is 1. The van der Waals surface area contributed by atoms with E-state index in [1.54, 1.807) is 0 Å². The first-order chi connectivity index (χ1) is 10.3. The number of pyridine rings is 1. The second-order valence-electron chi connectivity index (χ2n) is 4.97. The molecular weight excluding hydrogens is 262 g/mol. The number of hydrogen-bond acceptors (Lipinski definition) is 4. The van der Waals surface area contributed by atoms with Crippen molar-refractivity contribution in [2.24, 2.45) is 5.84 Å². The summed E-state index contributed by atoms with van der Waals surface area (Å²) in [5, 5.41) is 0. The lowest BCUT2D eigenvalue weighted by Gasteiger charge is -2.19. The van der Waals surface area contributed by atoms with Crippen molar-refractivity contribution in [3.63, 3.8) is 0 Å². The van der Waals surface area contributed by atoms with Crippen molar-refractivity contribution in [2.75, 3.05) is 6.61 Å². The summed E-state index contributed by atoms with van der Waals surface area (Å²) in [6.45, 7) is 2.82. The van der Waals surface area contributed by atoms with Gasteiger partial charge in [0.25, 0.3) is 0 Å². The van der Waals surface area contributed by atoms with Gasteiger partial charge >= 0.3 is 0 Å². The van der Waals surface area contributed by atoms with E-state index in [-0.39, 0.29) is 6.04 Å². The van der Waals surface area contributed by atoms with Gasteiger partial charge in [-0.1, -0.05) is 31.2 Å². The molecule has 1 unspecified atom stereocenters. The van der Waals surface area contributed by atoms with E-state index in [1.165, 1.54) is 0 Å². The minimum atomic E-state index is 0.0556. The van der Waals surface area contributed by atoms with Gasteiger partial charge in [0.15, 0.2) is 0 Å². The van der Waals surface area contributed by atoms with Gasteiger partial charge in [-0.05, 0) is 37.5 Å². The molecule has 0 saturated heterocycles. The number of hydrogen-bond donors (Lipinski definition) is 2. The Morgan fingerprint density at radius 2 is 2.00 bits per heavy atom. The van der Waals surface area contributed by atoms with Crippen molar-refractivity contribution in [3.8, 4) is 5.75 Å². The lowest BCUT2D eigenvalue weighted by Crippen LogP contribution is -2.29. The number of benzene rings is 1. The fraction of sp³-hybridized carbons (Fsp3) is 0.353. The van der Waals surface area contributed by atoms with Gasteiger partial charge in [0.2, 0.25) is 0 Å². The van der Waals surface area contributed by atoms with Crippen LogP contribution in [-0.2, 0) is 6.42 Å². The number of hydrazine groups is 1. The molecule has 4 heteroatoms. The van der Waals surface area contributed by atoms with E-state index in [1.807, 2.05) is 42.6 Å². The predicted molar refractivity (Wildman–Crippen MR) is 84.9 cm³/mol. The highest BCUT2D eigenvalue weighted by molar-refractivity contribution is 5.36. The number of aromatic nitrogens is 1. The Morgan fingerprint density at radius 3 is 2.71 bits per heavy atom. The molecule has 112 valence electrons. The summed E-state index contributed by atoms with van der Waals surface area (Å²) in [7, 11) is 0. The lowest BCUT2D eigenvalue weighted by atomic mass is 10.0. The molecule has 0 aliphatic carbocycles. The van der Waals surface area contributed by atoms with E-state index in [0.29, 0.717) is 6.61 Å². The number of nitrogens with zero attached hydrogens (tertiary/aromatic N) is 1. The first-order valence-corrected chi connectivity index (χ1v) is 7.43. The maximum atomic E-state index is 5.81. The molecule has 2 rings (SSSR count). The molecule has 0 aliphatic heterocycles. The third-order valence-electron chi connectivity index (χ3n) is 3.37. The maximum Gasteiger partial charge on any atom is 0.124 e. The highest BCUT2D eigenvalue weighted by atomic mass is 16.5. The molecule has 0 fully saturated rings. The maximum absolute atomic E-state index is 5.81. The number of aryl methyl sites for hydroxylation is 1. The van der Waals surface area contributed by atoms with Crippen molar-refractivity contribution in [3.05, 3.63) is 59.9 Å². The molecule has 0 radical (unpaired) electrons. The highest BCUT2D eigenvalue weighted by Gasteiger charge is 2.14. The summed E-state index contributed by atoms with van der Waals surface area (Å²) in [5.74, 6) is 6.65. The molecule has 2 aromatic rings. The van der Waals surface area contributed by atoms with Crippen LogP contribution in [-0.4, -0.2) is 11.6 Å². The van der Waals surface area contributed by atoms with Gasteiger partial charge in [-0.25, -0.2) is 0 Å². The zero-order valence-corrected chi connectivity index (χ0v) is 12.5. The van der Waals surface area contributed by atoms with Crippen LogP contribution >= 0.6 is 0 Å². The smallest absolute Gasteiger partial charge is 0.124 e. The van der Waals surface area contributed by atoms with Crippen molar-refractivity contribution in [1.29, 1.82) is 0 Å². The van der Waals surface area contributed by atoms with E-state index >= 15 is 0 Å². The van der Waals surface area contributed by atoms with E-state index in [2.05, 4.69) is 23.4 Å². The van der Waals surface area contributed by atoms with Gasteiger partial charge in [-0.2, -0.15) is 0 Å². The fourth-order valence-electron chi connectivity index (χ4n) is 2.28. The van der Waals surface area contributed by atoms with E-state index in [9.17, 15) is 0 Å². The molecular formula is C17H23N3O. The zero-order chi connectivity index (χ0) is 14.9. The average Bonchev–Trinajstić information content (AvgIpc) is 2.55. The van der Waals surface area contributed by atoms with E-state index in [4.69, 9.17) is 10.6 Å². The summed E-state index contributed by atoms with van der Waals surface area (Å²) in [6.07, 6.45) is 4.55. The summed E-state index contributed by atoms with van der Waals surface area (Å²) in [5.41, 5.74) is 5.07. The minimum Gasteiger partial charge on any atom is -0.493 e. The Balaban J connectivity index is 2.06. The monoisotopic (exact) mass is 285 g/mol. The first kappa shape index (κ1) is 15.5. The lowest BCUT2D eigenvalue weighted by molar-refractivity contribution is 0.309. The van der Waals surface area contributed by atoms with E-state index in [0.717, 1.165) is 36.3 Å². The van der Waals surface area contributed by atoms with Gasteiger partial charge in [-0.3, -0.25) is 16.3 Å². The Labute approximate surface area is 126 Å². The molecule has 3 N–H and O–H groups in total. The third-order valence-corrected chi connectivity index (χ3v) is 3.37. The van der Waals surface area contributed by atoms with Crippen molar-refractivity contribution < 1.29 is 4.74 Å². The fourth-order valence-corrected chi connectivity index (χ4v) is 2.28. The van der Waals surface area contributed by atoms with Gasteiger partial charge < -0.3 is 4.74 Å². The number of rotatable bonds is 8. The molecule has 1 atom stereocenters. The summed E-state index contributed by atoms with van der Waals surface area (Å²) in [4.78, 5) is 4.35. The average molecular weight is 285 g/mol. The summed E-state index contributed by atoms with van der Waals surface area (Å²) in [6, 6.07) is 14.1. The van der Waals surface area contributed by atoms with Crippen LogP contribution in [0, 0.1) is 0 Å². The predicted octanol–water partition coefficient (Wildman–Crippen LogP) is 3.01. The third kappa shape index (κ3) is 4.55. The SMILES string of the molecule is CCCOc1ccccc1C(CCc1ccccn1)NN. The molecule has 0 saturated carbocycles. The number of para-hydroxylation sites is 1. The minimum absolute atomic E-state index is 0.0556. The molecule has 1 aromatic heterocycles. The van der Waals surface area contributed by atoms with Crippen LogP contribution in [0.3, 0.4) is 0 Å². The molecule has 21 heavy (non-hydrogen) atoms. The van der Waals surface area contributed by atoms with Gasteiger partial charge in [0.1, 0.15) is 5.75 Å². The Kier molecular flexibility index (Phi) is 6.19. The second kappa shape index (κ2) is 8.39. The van der Waals surface area contributed by atoms with Gasteiger partial charge in [-0.15, -0.1) is 0 Å². The number of ether oxygens (including phenoxy) is 1. The molecule has 0 bridgehead atoms. The van der Waals surface area contributed by atoms with E-state index < -0.39 is 0 Å². The summed E-state index contributed by atoms with van der Waals surface area (Å²) >= 11 is 0. The molecule has 0 amide bonds. The molecule has 4 nitrogen and oxygen atoms in total. The van der Waals surface area contributed by atoms with Crippen LogP contribution in [0.2, 0.25) is 0 Å². The van der Waals surface area contributed by atoms with Crippen LogP contribution in [0.25, 0.3) is 0 Å².